The lowest BCUT2D eigenvalue weighted by molar-refractivity contribution is -0.147. The van der Waals surface area contributed by atoms with Crippen molar-refractivity contribution in [2.24, 2.45) is 5.92 Å². The smallest absolute Gasteiger partial charge is 0.324 e. The lowest BCUT2D eigenvalue weighted by Gasteiger charge is -2.34. The summed E-state index contributed by atoms with van der Waals surface area (Å²) in [6, 6.07) is 0.226. The molecule has 4 heteroatoms. The summed E-state index contributed by atoms with van der Waals surface area (Å²) in [4.78, 5) is 11.8. The van der Waals surface area contributed by atoms with Crippen molar-refractivity contribution >= 4 is 17.7 Å². The van der Waals surface area contributed by atoms with Crippen LogP contribution in [0, 0.1) is 5.92 Å². The van der Waals surface area contributed by atoms with Gasteiger partial charge in [0.05, 0.1) is 0 Å². The third kappa shape index (κ3) is 4.96. The molecule has 2 atom stereocenters. The molecule has 20 heavy (non-hydrogen) atoms. The van der Waals surface area contributed by atoms with Crippen molar-refractivity contribution < 1.29 is 9.90 Å². The minimum absolute atomic E-state index is 0.226. The van der Waals surface area contributed by atoms with Gasteiger partial charge in [-0.2, -0.15) is 11.8 Å². The van der Waals surface area contributed by atoms with Crippen LogP contribution in [0.2, 0.25) is 0 Å². The maximum Gasteiger partial charge on any atom is 0.324 e. The van der Waals surface area contributed by atoms with E-state index in [1.54, 1.807) is 0 Å². The number of rotatable bonds is 10. The Morgan fingerprint density at radius 3 is 2.75 bits per heavy atom. The van der Waals surface area contributed by atoms with Gasteiger partial charge >= 0.3 is 5.97 Å². The number of carbonyl (C=O) groups is 1. The first-order valence-corrected chi connectivity index (χ1v) is 9.27. The zero-order chi connectivity index (χ0) is 15.0. The predicted octanol–water partition coefficient (Wildman–Crippen LogP) is 3.92. The van der Waals surface area contributed by atoms with Gasteiger partial charge in [0.2, 0.25) is 0 Å². The van der Waals surface area contributed by atoms with Gasteiger partial charge in [-0.1, -0.05) is 26.2 Å². The molecule has 1 aliphatic carbocycles. The predicted molar refractivity (Wildman–Crippen MR) is 87.4 cm³/mol. The molecular weight excluding hydrogens is 270 g/mol. The Kier molecular flexibility index (Phi) is 7.96. The summed E-state index contributed by atoms with van der Waals surface area (Å²) in [5, 5.41) is 13.0. The van der Waals surface area contributed by atoms with Crippen LogP contribution < -0.4 is 5.32 Å². The molecule has 0 amide bonds. The maximum absolute atomic E-state index is 11.8. The second kappa shape index (κ2) is 8.93. The Labute approximate surface area is 128 Å². The van der Waals surface area contributed by atoms with Gasteiger partial charge in [-0.15, -0.1) is 0 Å². The van der Waals surface area contributed by atoms with Crippen molar-refractivity contribution in [2.75, 3.05) is 11.5 Å². The van der Waals surface area contributed by atoms with E-state index in [0.29, 0.717) is 5.92 Å². The van der Waals surface area contributed by atoms with Gasteiger partial charge in [-0.25, -0.2) is 0 Å². The minimum Gasteiger partial charge on any atom is -0.480 e. The van der Waals surface area contributed by atoms with Crippen LogP contribution in [0.3, 0.4) is 0 Å². The summed E-state index contributed by atoms with van der Waals surface area (Å²) in [5.74, 6) is 1.97. The van der Waals surface area contributed by atoms with Gasteiger partial charge in [0.25, 0.3) is 0 Å². The van der Waals surface area contributed by atoms with Gasteiger partial charge in [0, 0.05) is 6.04 Å². The number of hydrogen-bond donors (Lipinski definition) is 2. The quantitative estimate of drug-likeness (QED) is 0.600. The van der Waals surface area contributed by atoms with Gasteiger partial charge in [0.15, 0.2) is 0 Å². The fourth-order valence-corrected chi connectivity index (χ4v) is 4.36. The molecule has 1 aliphatic rings. The van der Waals surface area contributed by atoms with E-state index in [4.69, 9.17) is 0 Å². The Morgan fingerprint density at radius 1 is 1.40 bits per heavy atom. The third-order valence-electron chi connectivity index (χ3n) is 4.25. The monoisotopic (exact) mass is 301 g/mol. The third-order valence-corrected chi connectivity index (χ3v) is 5.35. The van der Waals surface area contributed by atoms with Crippen molar-refractivity contribution in [3.8, 4) is 0 Å². The molecule has 0 saturated heterocycles. The standard InChI is InChI=1S/C16H31NO2S/c1-4-5-6-11-20-12-9-14-8-7-10-16(14,15(18)19)17-13(2)3/h13-14,17H,4-12H2,1-3H3,(H,18,19). The lowest BCUT2D eigenvalue weighted by Crippen LogP contribution is -2.57. The molecular formula is C16H31NO2S. The molecule has 2 N–H and O–H groups in total. The number of carboxylic acids is 1. The fourth-order valence-electron chi connectivity index (χ4n) is 3.30. The zero-order valence-electron chi connectivity index (χ0n) is 13.3. The molecule has 1 saturated carbocycles. The fraction of sp³-hybridized carbons (Fsp3) is 0.938. The SMILES string of the molecule is CCCCCSCCC1CCCC1(NC(C)C)C(=O)O. The zero-order valence-corrected chi connectivity index (χ0v) is 14.1. The number of hydrogen-bond acceptors (Lipinski definition) is 3. The van der Waals surface area contributed by atoms with E-state index in [0.717, 1.165) is 31.4 Å². The summed E-state index contributed by atoms with van der Waals surface area (Å²) in [6.45, 7) is 6.31. The molecule has 118 valence electrons. The highest BCUT2D eigenvalue weighted by atomic mass is 32.2. The molecule has 0 aliphatic heterocycles. The van der Waals surface area contributed by atoms with E-state index >= 15 is 0 Å². The van der Waals surface area contributed by atoms with Gasteiger partial charge in [0.1, 0.15) is 5.54 Å². The highest BCUT2D eigenvalue weighted by molar-refractivity contribution is 7.99. The van der Waals surface area contributed by atoms with E-state index in [1.165, 1.54) is 25.0 Å². The van der Waals surface area contributed by atoms with Crippen LogP contribution in [0.4, 0.5) is 0 Å². The van der Waals surface area contributed by atoms with Gasteiger partial charge in [-0.3, -0.25) is 10.1 Å². The van der Waals surface area contributed by atoms with E-state index < -0.39 is 11.5 Å². The lowest BCUT2D eigenvalue weighted by atomic mass is 9.84. The largest absolute Gasteiger partial charge is 0.480 e. The van der Waals surface area contributed by atoms with Crippen molar-refractivity contribution in [3.63, 3.8) is 0 Å². The Balaban J connectivity index is 2.43. The molecule has 2 unspecified atom stereocenters. The molecule has 1 rings (SSSR count). The Morgan fingerprint density at radius 2 is 2.15 bits per heavy atom. The summed E-state index contributed by atoms with van der Waals surface area (Å²) in [5.41, 5.74) is -0.669. The molecule has 1 fully saturated rings. The normalized spacial score (nSPS) is 26.3. The first-order valence-electron chi connectivity index (χ1n) is 8.11. The van der Waals surface area contributed by atoms with E-state index in [2.05, 4.69) is 12.2 Å². The molecule has 0 aromatic carbocycles. The number of thioether (sulfide) groups is 1. The minimum atomic E-state index is -0.669. The molecule has 3 nitrogen and oxygen atoms in total. The van der Waals surface area contributed by atoms with Crippen molar-refractivity contribution in [3.05, 3.63) is 0 Å². The second-order valence-corrected chi connectivity index (χ2v) is 7.50. The average molecular weight is 301 g/mol. The van der Waals surface area contributed by atoms with E-state index in [1.807, 2.05) is 25.6 Å². The molecule has 0 bridgehead atoms. The molecule has 0 aromatic heterocycles. The highest BCUT2D eigenvalue weighted by Crippen LogP contribution is 2.39. The van der Waals surface area contributed by atoms with Crippen LogP contribution in [0.1, 0.15) is 65.7 Å². The van der Waals surface area contributed by atoms with Crippen LogP contribution in [0.25, 0.3) is 0 Å². The molecule has 0 radical (unpaired) electrons. The summed E-state index contributed by atoms with van der Waals surface area (Å²) >= 11 is 1.99. The topological polar surface area (TPSA) is 49.3 Å². The second-order valence-electron chi connectivity index (χ2n) is 6.27. The van der Waals surface area contributed by atoms with Crippen molar-refractivity contribution in [1.29, 1.82) is 0 Å². The maximum atomic E-state index is 11.8. The van der Waals surface area contributed by atoms with Crippen LogP contribution in [-0.4, -0.2) is 34.2 Å². The van der Waals surface area contributed by atoms with E-state index in [-0.39, 0.29) is 6.04 Å². The van der Waals surface area contributed by atoms with Crippen molar-refractivity contribution in [2.45, 2.75) is 77.3 Å². The first kappa shape index (κ1) is 17.8. The first-order chi connectivity index (χ1) is 9.53. The number of aliphatic carboxylic acids is 1. The Hall–Kier alpha value is -0.220. The van der Waals surface area contributed by atoms with Crippen LogP contribution >= 0.6 is 11.8 Å². The Bertz CT molecular complexity index is 296. The highest BCUT2D eigenvalue weighted by Gasteiger charge is 2.48. The molecule has 0 aromatic rings. The summed E-state index contributed by atoms with van der Waals surface area (Å²) < 4.78 is 0. The van der Waals surface area contributed by atoms with Crippen LogP contribution in [0.15, 0.2) is 0 Å². The van der Waals surface area contributed by atoms with E-state index in [9.17, 15) is 9.90 Å². The number of unbranched alkanes of at least 4 members (excludes halogenated alkanes) is 2. The van der Waals surface area contributed by atoms with Crippen LogP contribution in [0.5, 0.6) is 0 Å². The summed E-state index contributed by atoms with van der Waals surface area (Å²) in [6.07, 6.45) is 7.78. The van der Waals surface area contributed by atoms with Crippen LogP contribution in [-0.2, 0) is 4.79 Å². The molecule has 0 heterocycles. The number of nitrogens with one attached hydrogen (secondary N) is 1. The summed E-state index contributed by atoms with van der Waals surface area (Å²) in [7, 11) is 0. The number of carboxylic acid groups (broad SMARTS) is 1. The van der Waals surface area contributed by atoms with Gasteiger partial charge < -0.3 is 5.11 Å². The van der Waals surface area contributed by atoms with Gasteiger partial charge in [-0.05, 0) is 57.0 Å². The van der Waals surface area contributed by atoms with Crippen molar-refractivity contribution in [1.82, 2.24) is 5.32 Å². The molecule has 0 spiro atoms. The average Bonchev–Trinajstić information content (AvgIpc) is 2.77.